The molecule has 0 unspecified atom stereocenters. The van der Waals surface area contributed by atoms with E-state index in [1.54, 1.807) is 62.4 Å². The summed E-state index contributed by atoms with van der Waals surface area (Å²) in [6.45, 7) is 3.35. The molecule has 2 amide bonds. The molecule has 0 saturated carbocycles. The van der Waals surface area contributed by atoms with Gasteiger partial charge in [0, 0.05) is 28.2 Å². The fourth-order valence-corrected chi connectivity index (χ4v) is 5.93. The van der Waals surface area contributed by atoms with Crippen molar-refractivity contribution in [2.75, 3.05) is 17.4 Å². The number of nitrogens with zero attached hydrogens (tertiary/aromatic N) is 2. The molecule has 7 nitrogen and oxygen atoms in total. The molecule has 3 aromatic carbocycles. The van der Waals surface area contributed by atoms with Crippen molar-refractivity contribution < 1.29 is 18.0 Å². The van der Waals surface area contributed by atoms with Crippen LogP contribution in [0.3, 0.4) is 0 Å². The fourth-order valence-electron chi connectivity index (χ4n) is 3.90. The Hall–Kier alpha value is -2.78. The number of nitrogens with one attached hydrogen (secondary N) is 1. The first-order chi connectivity index (χ1) is 18.1. The topological polar surface area (TPSA) is 86.8 Å². The van der Waals surface area contributed by atoms with Crippen LogP contribution in [0.25, 0.3) is 0 Å². The number of amides is 2. The van der Waals surface area contributed by atoms with Gasteiger partial charge in [-0.1, -0.05) is 66.0 Å². The highest BCUT2D eigenvalue weighted by Gasteiger charge is 2.33. The lowest BCUT2D eigenvalue weighted by Crippen LogP contribution is -2.52. The average molecular weight is 597 g/mol. The molecule has 0 aliphatic heterocycles. The van der Waals surface area contributed by atoms with E-state index in [-0.39, 0.29) is 23.0 Å². The number of halogens is 3. The van der Waals surface area contributed by atoms with Gasteiger partial charge in [0.15, 0.2) is 0 Å². The van der Waals surface area contributed by atoms with E-state index < -0.39 is 28.5 Å². The zero-order chi connectivity index (χ0) is 27.9. The van der Waals surface area contributed by atoms with Gasteiger partial charge in [-0.2, -0.15) is 0 Å². The van der Waals surface area contributed by atoms with Crippen LogP contribution in [0.1, 0.15) is 25.8 Å². The van der Waals surface area contributed by atoms with Gasteiger partial charge >= 0.3 is 0 Å². The Kier molecular flexibility index (Phi) is 10.4. The van der Waals surface area contributed by atoms with Gasteiger partial charge in [0.2, 0.25) is 11.8 Å². The smallest absolute Gasteiger partial charge is 0.264 e. The number of sulfonamides is 1. The van der Waals surface area contributed by atoms with Gasteiger partial charge < -0.3 is 10.2 Å². The van der Waals surface area contributed by atoms with Crippen LogP contribution in [0.4, 0.5) is 5.69 Å². The number of hydrogen-bond donors (Lipinski definition) is 1. The highest BCUT2D eigenvalue weighted by atomic mass is 35.5. The second-order valence-electron chi connectivity index (χ2n) is 8.38. The minimum absolute atomic E-state index is 0.0193. The lowest BCUT2D eigenvalue weighted by atomic mass is 10.1. The standard InChI is InChI=1S/C27H28Cl3N3O4S/c1-3-25(27(35)31-4-2)32(17-19-10-11-21(29)16-24(19)30)26(34)18-33(22-14-12-20(28)13-15-22)38(36,37)23-8-6-5-7-9-23/h5-16,25H,3-4,17-18H2,1-2H3,(H,31,35)/t25-/m1/s1. The van der Waals surface area contributed by atoms with Crippen molar-refractivity contribution in [1.82, 2.24) is 10.2 Å². The lowest BCUT2D eigenvalue weighted by molar-refractivity contribution is -0.140. The maximum Gasteiger partial charge on any atom is 0.264 e. The molecule has 3 aromatic rings. The normalized spacial score (nSPS) is 12.0. The number of likely N-dealkylation sites (N-methyl/N-ethyl adjacent to an activating group) is 1. The first kappa shape index (κ1) is 29.8. The van der Waals surface area contributed by atoms with Crippen LogP contribution in [-0.2, 0) is 26.2 Å². The van der Waals surface area contributed by atoms with Crippen molar-refractivity contribution in [2.45, 2.75) is 37.8 Å². The zero-order valence-corrected chi connectivity index (χ0v) is 24.0. The monoisotopic (exact) mass is 595 g/mol. The average Bonchev–Trinajstić information content (AvgIpc) is 2.89. The third-order valence-corrected chi connectivity index (χ3v) is 8.44. The summed E-state index contributed by atoms with van der Waals surface area (Å²) < 4.78 is 28.4. The molecule has 3 rings (SSSR count). The third kappa shape index (κ3) is 7.20. The molecule has 38 heavy (non-hydrogen) atoms. The molecular weight excluding hydrogens is 569 g/mol. The van der Waals surface area contributed by atoms with Gasteiger partial charge in [-0.05, 0) is 67.4 Å². The summed E-state index contributed by atoms with van der Waals surface area (Å²) in [4.78, 5) is 28.2. The highest BCUT2D eigenvalue weighted by Crippen LogP contribution is 2.27. The number of carbonyl (C=O) groups excluding carboxylic acids is 2. The second-order valence-corrected chi connectivity index (χ2v) is 11.5. The van der Waals surface area contributed by atoms with Gasteiger partial charge in [-0.25, -0.2) is 8.42 Å². The fraction of sp³-hybridized carbons (Fsp3) is 0.259. The Balaban J connectivity index is 2.06. The molecule has 0 saturated heterocycles. The van der Waals surface area contributed by atoms with Crippen molar-refractivity contribution in [2.24, 2.45) is 0 Å². The predicted octanol–water partition coefficient (Wildman–Crippen LogP) is 5.79. The van der Waals surface area contributed by atoms with Crippen molar-refractivity contribution in [1.29, 1.82) is 0 Å². The lowest BCUT2D eigenvalue weighted by Gasteiger charge is -2.33. The molecule has 0 radical (unpaired) electrons. The van der Waals surface area contributed by atoms with Crippen molar-refractivity contribution >= 4 is 62.3 Å². The van der Waals surface area contributed by atoms with E-state index in [1.165, 1.54) is 29.2 Å². The minimum Gasteiger partial charge on any atom is -0.355 e. The summed E-state index contributed by atoms with van der Waals surface area (Å²) >= 11 is 18.5. The van der Waals surface area contributed by atoms with Gasteiger partial charge in [0.05, 0.1) is 10.6 Å². The van der Waals surface area contributed by atoms with Crippen molar-refractivity contribution in [3.05, 3.63) is 93.4 Å². The summed E-state index contributed by atoms with van der Waals surface area (Å²) in [5.41, 5.74) is 0.818. The van der Waals surface area contributed by atoms with E-state index in [4.69, 9.17) is 34.8 Å². The summed E-state index contributed by atoms with van der Waals surface area (Å²) in [6.07, 6.45) is 0.301. The molecule has 0 aromatic heterocycles. The quantitative estimate of drug-likeness (QED) is 0.304. The molecule has 0 bridgehead atoms. The molecule has 0 fully saturated rings. The SMILES string of the molecule is CCNC(=O)[C@@H](CC)N(Cc1ccc(Cl)cc1Cl)C(=O)CN(c1ccc(Cl)cc1)S(=O)(=O)c1ccccc1. The number of anilines is 1. The number of carbonyl (C=O) groups is 2. The first-order valence-corrected chi connectivity index (χ1v) is 14.5. The van der Waals surface area contributed by atoms with Crippen molar-refractivity contribution in [3.63, 3.8) is 0 Å². The van der Waals surface area contributed by atoms with Crippen LogP contribution < -0.4 is 9.62 Å². The summed E-state index contributed by atoms with van der Waals surface area (Å²) in [5, 5.41) is 3.92. The third-order valence-electron chi connectivity index (χ3n) is 5.82. The molecule has 202 valence electrons. The van der Waals surface area contributed by atoms with Gasteiger partial charge in [0.25, 0.3) is 10.0 Å². The second kappa shape index (κ2) is 13.3. The number of benzene rings is 3. The van der Waals surface area contributed by atoms with Crippen LogP contribution in [-0.4, -0.2) is 44.3 Å². The van der Waals surface area contributed by atoms with Crippen LogP contribution in [0.15, 0.2) is 77.7 Å². The molecule has 0 aliphatic rings. The van der Waals surface area contributed by atoms with Gasteiger partial charge in [-0.3, -0.25) is 13.9 Å². The van der Waals surface area contributed by atoms with Gasteiger partial charge in [0.1, 0.15) is 12.6 Å². The molecule has 0 aliphatic carbocycles. The first-order valence-electron chi connectivity index (χ1n) is 11.9. The Morgan fingerprint density at radius 2 is 1.53 bits per heavy atom. The van der Waals surface area contributed by atoms with Crippen LogP contribution in [0.2, 0.25) is 15.1 Å². The van der Waals surface area contributed by atoms with E-state index in [0.29, 0.717) is 33.6 Å². The number of hydrogen-bond acceptors (Lipinski definition) is 4. The highest BCUT2D eigenvalue weighted by molar-refractivity contribution is 7.92. The largest absolute Gasteiger partial charge is 0.355 e. The van der Waals surface area contributed by atoms with E-state index >= 15 is 0 Å². The molecule has 1 N–H and O–H groups in total. The Morgan fingerprint density at radius 3 is 2.11 bits per heavy atom. The summed E-state index contributed by atoms with van der Waals surface area (Å²) in [7, 11) is -4.15. The Labute approximate surface area is 238 Å². The van der Waals surface area contributed by atoms with Crippen molar-refractivity contribution in [3.8, 4) is 0 Å². The van der Waals surface area contributed by atoms with Crippen LogP contribution in [0.5, 0.6) is 0 Å². The summed E-state index contributed by atoms with van der Waals surface area (Å²) in [6, 6.07) is 18.0. The molecule has 11 heteroatoms. The molecule has 1 atom stereocenters. The summed E-state index contributed by atoms with van der Waals surface area (Å²) in [5.74, 6) is -0.930. The molecular formula is C27H28Cl3N3O4S. The van der Waals surface area contributed by atoms with E-state index in [9.17, 15) is 18.0 Å². The molecule has 0 spiro atoms. The maximum atomic E-state index is 13.9. The van der Waals surface area contributed by atoms with Crippen LogP contribution in [0, 0.1) is 0 Å². The Morgan fingerprint density at radius 1 is 0.895 bits per heavy atom. The zero-order valence-electron chi connectivity index (χ0n) is 20.9. The van der Waals surface area contributed by atoms with E-state index in [2.05, 4.69) is 5.32 Å². The van der Waals surface area contributed by atoms with Crippen LogP contribution >= 0.6 is 34.8 Å². The number of rotatable bonds is 11. The van der Waals surface area contributed by atoms with E-state index in [1.807, 2.05) is 0 Å². The minimum atomic E-state index is -4.15. The van der Waals surface area contributed by atoms with E-state index in [0.717, 1.165) is 4.31 Å². The molecule has 0 heterocycles. The Bertz CT molecular complexity index is 1370. The predicted molar refractivity (Wildman–Crippen MR) is 152 cm³/mol. The van der Waals surface area contributed by atoms with Gasteiger partial charge in [-0.15, -0.1) is 0 Å². The maximum absolute atomic E-state index is 13.9.